The molecule has 0 unspecified atom stereocenters. The molecule has 0 fully saturated rings. The summed E-state index contributed by atoms with van der Waals surface area (Å²) in [6.07, 6.45) is 9.14. The van der Waals surface area contributed by atoms with E-state index in [1.54, 1.807) is 92.2 Å². The van der Waals surface area contributed by atoms with Crippen LogP contribution in [0, 0.1) is 24.4 Å². The Kier molecular flexibility index (Phi) is 19.4. The van der Waals surface area contributed by atoms with Gasteiger partial charge in [0.1, 0.15) is 17.5 Å². The van der Waals surface area contributed by atoms with Crippen molar-refractivity contribution < 1.29 is 47.9 Å². The number of sulfonamides is 3. The van der Waals surface area contributed by atoms with Gasteiger partial charge in [0.05, 0.1) is 26.4 Å². The van der Waals surface area contributed by atoms with Gasteiger partial charge in [0, 0.05) is 55.0 Å². The maximum Gasteiger partial charge on any atom is 0.277 e. The van der Waals surface area contributed by atoms with Gasteiger partial charge in [0.15, 0.2) is 44.0 Å². The number of hydrogen-bond donors (Lipinski definition) is 3. The van der Waals surface area contributed by atoms with Gasteiger partial charge in [-0.2, -0.15) is 25.3 Å². The van der Waals surface area contributed by atoms with Crippen molar-refractivity contribution in [2.45, 2.75) is 44.3 Å². The van der Waals surface area contributed by atoms with Crippen molar-refractivity contribution in [2.75, 3.05) is 21.0 Å². The Morgan fingerprint density at radius 2 is 0.855 bits per heavy atom. The van der Waals surface area contributed by atoms with Crippen LogP contribution < -0.4 is 23.6 Å². The van der Waals surface area contributed by atoms with Gasteiger partial charge in [-0.15, -0.1) is 0 Å². The lowest BCUT2D eigenvalue weighted by Crippen LogP contribution is -2.17. The van der Waals surface area contributed by atoms with Crippen LogP contribution in [0.4, 0.5) is 30.2 Å². The second-order valence-corrected chi connectivity index (χ2v) is 21.2. The maximum atomic E-state index is 13.3. The zero-order valence-electron chi connectivity index (χ0n) is 37.2. The van der Waals surface area contributed by atoms with E-state index in [4.69, 9.17) is 44.3 Å². The fraction of sp³-hybridized carbons (Fsp3) is 0.100. The molecule has 6 aromatic heterocycles. The molecule has 26 heteroatoms. The molecular formula is C50H47Cl3F3N9O8S3. The molecule has 0 saturated heterocycles. The lowest BCUT2D eigenvalue weighted by molar-refractivity contribution is 0.174. The number of fused-ring (bicyclic) bond motifs is 1. The van der Waals surface area contributed by atoms with Crippen molar-refractivity contribution in [1.29, 1.82) is 0 Å². The fourth-order valence-electron chi connectivity index (χ4n) is 6.84. The highest BCUT2D eigenvalue weighted by molar-refractivity contribution is 7.93. The number of rotatable bonds is 12. The zero-order valence-corrected chi connectivity index (χ0v) is 42.0. The van der Waals surface area contributed by atoms with Crippen LogP contribution in [0.25, 0.3) is 17.5 Å². The molecule has 7 heterocycles. The van der Waals surface area contributed by atoms with E-state index in [0.717, 1.165) is 12.1 Å². The number of benzene rings is 3. The van der Waals surface area contributed by atoms with Crippen molar-refractivity contribution in [3.8, 4) is 29.0 Å². The van der Waals surface area contributed by atoms with Crippen LogP contribution in [0.1, 0.15) is 27.8 Å². The SMILES string of the molecule is C.C.C.Cc1cc(NS(=O)(=O)c2cccn2-c2ncccc2Cl)ccc1F.O=S(=O)(Nc1cc(F)cc(F)c1)c1cccn1-c1ncccc1Cl.O=S(=O)(Nc1ccc2c(c1)OCO2)c1cccn1-c1ncccc1Cl. The Morgan fingerprint density at radius 3 is 1.26 bits per heavy atom. The summed E-state index contributed by atoms with van der Waals surface area (Å²) in [5.74, 6) is -0.265. The van der Waals surface area contributed by atoms with Crippen LogP contribution in [0.5, 0.6) is 11.5 Å². The summed E-state index contributed by atoms with van der Waals surface area (Å²) in [7, 11) is -11.9. The van der Waals surface area contributed by atoms with Crippen LogP contribution >= 0.6 is 34.8 Å². The molecule has 0 bridgehead atoms. The number of aryl methyl sites for hydroxylation is 1. The molecule has 1 aliphatic rings. The molecule has 3 N–H and O–H groups in total. The molecule has 0 atom stereocenters. The minimum Gasteiger partial charge on any atom is -0.454 e. The molecule has 76 heavy (non-hydrogen) atoms. The number of nitrogens with one attached hydrogen (secondary N) is 3. The minimum absolute atomic E-state index is 0. The van der Waals surface area contributed by atoms with Gasteiger partial charge >= 0.3 is 0 Å². The van der Waals surface area contributed by atoms with Crippen LogP contribution in [0.15, 0.2) is 180 Å². The highest BCUT2D eigenvalue weighted by atomic mass is 35.5. The van der Waals surface area contributed by atoms with Crippen LogP contribution in [0.3, 0.4) is 0 Å². The van der Waals surface area contributed by atoms with Crippen LogP contribution in [-0.4, -0.2) is 60.7 Å². The summed E-state index contributed by atoms with van der Waals surface area (Å²) < 4.78 is 137. The zero-order chi connectivity index (χ0) is 52.1. The first kappa shape index (κ1) is 59.3. The summed E-state index contributed by atoms with van der Waals surface area (Å²) in [6.45, 7) is 1.68. The number of ether oxygens (including phenoxy) is 2. The Morgan fingerprint density at radius 1 is 0.474 bits per heavy atom. The monoisotopic (exact) mass is 1160 g/mol. The normalized spacial score (nSPS) is 11.5. The lowest BCUT2D eigenvalue weighted by atomic mass is 10.2. The summed E-state index contributed by atoms with van der Waals surface area (Å²) in [5, 5.41) is 0.742. The van der Waals surface area contributed by atoms with E-state index in [0.29, 0.717) is 50.5 Å². The van der Waals surface area contributed by atoms with Crippen molar-refractivity contribution >= 4 is 81.9 Å². The highest BCUT2D eigenvalue weighted by Crippen LogP contribution is 2.35. The molecule has 0 amide bonds. The number of nitrogens with zero attached hydrogens (tertiary/aromatic N) is 6. The molecular weight excluding hydrogens is 1110 g/mol. The second-order valence-electron chi connectivity index (χ2n) is 15.1. The van der Waals surface area contributed by atoms with E-state index in [1.165, 1.54) is 74.8 Å². The van der Waals surface area contributed by atoms with Gasteiger partial charge < -0.3 is 9.47 Å². The Balaban J connectivity index is 0.000000207. The third-order valence-corrected chi connectivity index (χ3v) is 15.1. The fourth-order valence-corrected chi connectivity index (χ4v) is 11.1. The molecule has 1 aliphatic heterocycles. The molecule has 0 spiro atoms. The first-order valence-corrected chi connectivity index (χ1v) is 26.4. The van der Waals surface area contributed by atoms with E-state index in [-0.39, 0.29) is 66.4 Å². The molecule has 3 aromatic carbocycles. The standard InChI is InChI=1S/C16H13ClFN3O2S.C16H12ClN3O4S.C15H10ClF2N3O2S.3CH4/c1-11-10-12(6-7-14(11)18)20-24(22,23)15-5-3-9-21(15)16-13(17)4-2-8-19-16;17-12-3-1-7-18-16(12)20-8-2-4-15(20)25(21,22)19-11-5-6-13-14(9-11)24-10-23-13;16-13-3-1-5-19-15(13)21-6-2-4-14(21)24(22,23)20-12-8-10(17)7-11(18)9-12;;;/h2-10,20H,1H3;1-9,19H,10H2;1-9,20H;3*1H4. The van der Waals surface area contributed by atoms with Crippen LogP contribution in [-0.2, 0) is 30.1 Å². The van der Waals surface area contributed by atoms with E-state index in [9.17, 15) is 38.4 Å². The molecule has 400 valence electrons. The topological polar surface area (TPSA) is 210 Å². The summed E-state index contributed by atoms with van der Waals surface area (Å²) in [5.41, 5.74) is 0.753. The van der Waals surface area contributed by atoms with Crippen LogP contribution in [0.2, 0.25) is 15.1 Å². The minimum atomic E-state index is -4.12. The quantitative estimate of drug-likeness (QED) is 0.105. The first-order valence-electron chi connectivity index (χ1n) is 20.8. The predicted octanol–water partition coefficient (Wildman–Crippen LogP) is 12.3. The molecule has 9 aromatic rings. The van der Waals surface area contributed by atoms with E-state index < -0.39 is 47.5 Å². The van der Waals surface area contributed by atoms with Gasteiger partial charge in [-0.1, -0.05) is 57.1 Å². The van der Waals surface area contributed by atoms with Gasteiger partial charge in [-0.05, 0) is 128 Å². The van der Waals surface area contributed by atoms with Gasteiger partial charge in [0.25, 0.3) is 30.1 Å². The second kappa shape index (κ2) is 24.9. The average molecular weight is 1160 g/mol. The van der Waals surface area contributed by atoms with Gasteiger partial charge in [0.2, 0.25) is 6.79 Å². The van der Waals surface area contributed by atoms with Crippen molar-refractivity contribution in [1.82, 2.24) is 28.7 Å². The Labute approximate surface area is 452 Å². The Hall–Kier alpha value is -7.54. The molecule has 0 radical (unpaired) electrons. The predicted molar refractivity (Wildman–Crippen MR) is 288 cm³/mol. The van der Waals surface area contributed by atoms with Crippen molar-refractivity contribution in [2.24, 2.45) is 0 Å². The number of anilines is 3. The largest absolute Gasteiger partial charge is 0.454 e. The third kappa shape index (κ3) is 13.6. The number of pyridine rings is 3. The number of hydrogen-bond acceptors (Lipinski definition) is 11. The van der Waals surface area contributed by atoms with E-state index in [1.807, 2.05) is 0 Å². The van der Waals surface area contributed by atoms with Crippen molar-refractivity contribution in [3.05, 3.63) is 203 Å². The van der Waals surface area contributed by atoms with Gasteiger partial charge in [-0.3, -0.25) is 27.9 Å². The van der Waals surface area contributed by atoms with E-state index >= 15 is 0 Å². The highest BCUT2D eigenvalue weighted by Gasteiger charge is 2.25. The Bertz CT molecular complexity index is 3830. The molecule has 0 saturated carbocycles. The molecule has 0 aliphatic carbocycles. The molecule has 17 nitrogen and oxygen atoms in total. The van der Waals surface area contributed by atoms with Gasteiger partial charge in [-0.25, -0.2) is 28.1 Å². The average Bonchev–Trinajstić information content (AvgIpc) is 4.19. The van der Waals surface area contributed by atoms with E-state index in [2.05, 4.69) is 29.1 Å². The number of aromatic nitrogens is 6. The maximum absolute atomic E-state index is 13.3. The molecule has 10 rings (SSSR count). The summed E-state index contributed by atoms with van der Waals surface area (Å²) in [4.78, 5) is 12.3. The smallest absolute Gasteiger partial charge is 0.277 e. The summed E-state index contributed by atoms with van der Waals surface area (Å²) >= 11 is 18.3. The third-order valence-electron chi connectivity index (χ3n) is 10.0. The van der Waals surface area contributed by atoms with Crippen molar-refractivity contribution in [3.63, 3.8) is 0 Å². The summed E-state index contributed by atoms with van der Waals surface area (Å²) in [6, 6.07) is 29.9. The lowest BCUT2D eigenvalue weighted by Gasteiger charge is -2.12. The number of halogens is 6. The first-order chi connectivity index (χ1) is 34.8.